The van der Waals surface area contributed by atoms with Crippen LogP contribution >= 0.6 is 0 Å². The quantitative estimate of drug-likeness (QED) is 0.109. The molecule has 6 fully saturated rings. The fourth-order valence-electron chi connectivity index (χ4n) is 10.1. The minimum atomic E-state index is -4.66. The van der Waals surface area contributed by atoms with Crippen LogP contribution in [0, 0.1) is 23.6 Å². The lowest BCUT2D eigenvalue weighted by atomic mass is 9.72. The zero-order valence-electron chi connectivity index (χ0n) is 30.5. The Balaban J connectivity index is 1.19. The number of ether oxygens (including phenoxy) is 1. The first-order valence-corrected chi connectivity index (χ1v) is 19.2. The molecule has 0 unspecified atom stereocenters. The number of nitrogen functional groups attached to an aromatic ring is 1. The van der Waals surface area contributed by atoms with Crippen molar-refractivity contribution in [1.82, 2.24) is 19.8 Å². The summed E-state index contributed by atoms with van der Waals surface area (Å²) in [7, 11) is 0. The number of rotatable bonds is 9. The highest BCUT2D eigenvalue weighted by atomic mass is 19.4. The molecular formula is C40H46F4N8O2. The summed E-state index contributed by atoms with van der Waals surface area (Å²) in [5.74, 6) is 0.286. The molecule has 1 aromatic heterocycles. The van der Waals surface area contributed by atoms with E-state index < -0.39 is 18.6 Å². The minimum absolute atomic E-state index is 0.00588. The molecule has 6 aliphatic rings. The van der Waals surface area contributed by atoms with Gasteiger partial charge in [-0.1, -0.05) is 6.58 Å². The molecule has 6 heterocycles. The second kappa shape index (κ2) is 12.8. The van der Waals surface area contributed by atoms with Gasteiger partial charge in [-0.3, -0.25) is 9.69 Å². The van der Waals surface area contributed by atoms with Crippen LogP contribution in [0.3, 0.4) is 0 Å². The summed E-state index contributed by atoms with van der Waals surface area (Å²) in [6.07, 6.45) is 5.86. The van der Waals surface area contributed by atoms with Gasteiger partial charge in [-0.25, -0.2) is 9.37 Å². The number of carbonyl (C=O) groups excluding carboxylic acids is 1. The first-order valence-electron chi connectivity index (χ1n) is 19.2. The number of likely N-dealkylation sites (tertiary alicyclic amines) is 1. The molecule has 5 saturated heterocycles. The number of nitrogens with two attached hydrogens (primary N) is 1. The molecule has 2 bridgehead atoms. The number of nitrogens with zero attached hydrogens (tertiary/aromatic N) is 6. The SMILES string of the molecule is C=CC(=O)N1CC2(CCN(c3nc(N4CC(N5C6CCC5CC6)C4)nc4c(OCC(F)(F)F)c(-c5c(C)c(F)cc(N)c5C=N)c(C5CC5)cc34)CC2)C1. The second-order valence-electron chi connectivity index (χ2n) is 16.5. The van der Waals surface area contributed by atoms with Crippen molar-refractivity contribution in [3.8, 4) is 16.9 Å². The van der Waals surface area contributed by atoms with Gasteiger partial charge in [-0.15, -0.1) is 0 Å². The number of halogens is 4. The van der Waals surface area contributed by atoms with Gasteiger partial charge in [0, 0.05) is 96.8 Å². The fourth-order valence-corrected chi connectivity index (χ4v) is 10.1. The summed E-state index contributed by atoms with van der Waals surface area (Å²) in [6.45, 7) is 7.70. The van der Waals surface area contributed by atoms with E-state index in [2.05, 4.69) is 21.3 Å². The van der Waals surface area contributed by atoms with Crippen LogP contribution in [0.5, 0.6) is 5.75 Å². The van der Waals surface area contributed by atoms with E-state index in [1.54, 1.807) is 6.92 Å². The van der Waals surface area contributed by atoms with Gasteiger partial charge in [-0.2, -0.15) is 18.2 Å². The maximum Gasteiger partial charge on any atom is 0.422 e. The van der Waals surface area contributed by atoms with Crippen molar-refractivity contribution in [2.75, 3.05) is 61.4 Å². The van der Waals surface area contributed by atoms with Crippen molar-refractivity contribution >= 4 is 40.5 Å². The normalized spacial score (nSPS) is 23.9. The molecule has 14 heteroatoms. The van der Waals surface area contributed by atoms with Gasteiger partial charge in [0.1, 0.15) is 17.2 Å². The first-order chi connectivity index (χ1) is 25.9. The van der Waals surface area contributed by atoms with Crippen LogP contribution in [0.2, 0.25) is 0 Å². The zero-order chi connectivity index (χ0) is 37.7. The van der Waals surface area contributed by atoms with Gasteiger partial charge in [-0.05, 0) is 93.5 Å². The number of fused-ring (bicyclic) bond motifs is 3. The second-order valence-corrected chi connectivity index (χ2v) is 16.5. The Morgan fingerprint density at radius 1 is 1.02 bits per heavy atom. The molecule has 1 aliphatic carbocycles. The molecule has 0 atom stereocenters. The highest BCUT2D eigenvalue weighted by Gasteiger charge is 2.49. The van der Waals surface area contributed by atoms with Gasteiger partial charge >= 0.3 is 6.18 Å². The van der Waals surface area contributed by atoms with Crippen LogP contribution < -0.4 is 20.3 Å². The van der Waals surface area contributed by atoms with Crippen molar-refractivity contribution in [2.45, 2.75) is 88.5 Å². The summed E-state index contributed by atoms with van der Waals surface area (Å²) < 4.78 is 63.6. The van der Waals surface area contributed by atoms with E-state index in [-0.39, 0.29) is 50.9 Å². The van der Waals surface area contributed by atoms with Gasteiger partial charge < -0.3 is 30.6 Å². The lowest BCUT2D eigenvalue weighted by molar-refractivity contribution is -0.153. The van der Waals surface area contributed by atoms with Crippen LogP contribution in [-0.2, 0) is 4.79 Å². The van der Waals surface area contributed by atoms with E-state index >= 15 is 4.39 Å². The first kappa shape index (κ1) is 35.3. The van der Waals surface area contributed by atoms with Crippen molar-refractivity contribution in [3.05, 3.63) is 47.3 Å². The van der Waals surface area contributed by atoms with E-state index in [9.17, 15) is 18.0 Å². The standard InChI is InChI=1S/C40H46F4N8O2/c1-3-32(53)51-19-39(20-51)10-12-49(13-11-39)37-28-14-27(23-4-5-23)34(33-22(2)30(41)15-31(46)29(33)16-45)36(54-21-40(42,43)44)35(28)47-38(48-37)50-17-26(18-50)52-24-6-7-25(52)9-8-24/h3,14-16,23-26,45H,1,4-13,17-21,46H2,2H3. The lowest BCUT2D eigenvalue weighted by Gasteiger charge is -2.54. The average molecular weight is 747 g/mol. The molecule has 9 rings (SSSR count). The fraction of sp³-hybridized carbons (Fsp3) is 0.550. The van der Waals surface area contributed by atoms with E-state index in [0.717, 1.165) is 51.1 Å². The van der Waals surface area contributed by atoms with Crippen molar-refractivity contribution in [3.63, 3.8) is 0 Å². The number of benzene rings is 2. The highest BCUT2D eigenvalue weighted by molar-refractivity contribution is 6.05. The van der Waals surface area contributed by atoms with E-state index in [1.807, 2.05) is 11.0 Å². The number of piperidine rings is 1. The van der Waals surface area contributed by atoms with E-state index in [1.165, 1.54) is 31.8 Å². The minimum Gasteiger partial charge on any atom is -0.481 e. The van der Waals surface area contributed by atoms with E-state index in [0.29, 0.717) is 72.6 Å². The van der Waals surface area contributed by atoms with Gasteiger partial charge in [0.05, 0.1) is 0 Å². The largest absolute Gasteiger partial charge is 0.481 e. The van der Waals surface area contributed by atoms with Gasteiger partial charge in [0.25, 0.3) is 0 Å². The molecule has 54 heavy (non-hydrogen) atoms. The number of hydrogen-bond donors (Lipinski definition) is 2. The third kappa shape index (κ3) is 5.86. The van der Waals surface area contributed by atoms with Crippen LogP contribution in [0.25, 0.3) is 22.0 Å². The molecule has 10 nitrogen and oxygen atoms in total. The molecule has 3 N–H and O–H groups in total. The van der Waals surface area contributed by atoms with Crippen LogP contribution in [-0.4, -0.2) is 102 Å². The van der Waals surface area contributed by atoms with Gasteiger partial charge in [0.2, 0.25) is 11.9 Å². The number of amides is 1. The smallest absolute Gasteiger partial charge is 0.422 e. The summed E-state index contributed by atoms with van der Waals surface area (Å²) in [5, 5.41) is 8.85. The van der Waals surface area contributed by atoms with Crippen molar-refractivity contribution in [1.29, 1.82) is 5.41 Å². The predicted molar refractivity (Wildman–Crippen MR) is 200 cm³/mol. The Labute approximate surface area is 311 Å². The van der Waals surface area contributed by atoms with Crippen LogP contribution in [0.15, 0.2) is 24.8 Å². The monoisotopic (exact) mass is 746 g/mol. The molecule has 3 aromatic rings. The van der Waals surface area contributed by atoms with Crippen molar-refractivity contribution < 1.29 is 27.1 Å². The lowest BCUT2D eigenvalue weighted by Crippen LogP contribution is -2.62. The molecule has 1 spiro atoms. The predicted octanol–water partition coefficient (Wildman–Crippen LogP) is 6.57. The highest BCUT2D eigenvalue weighted by Crippen LogP contribution is 2.54. The number of nitrogens with one attached hydrogen (secondary N) is 1. The number of hydrogen-bond acceptors (Lipinski definition) is 9. The van der Waals surface area contributed by atoms with Crippen LogP contribution in [0.1, 0.15) is 74.0 Å². The van der Waals surface area contributed by atoms with E-state index in [4.69, 9.17) is 25.8 Å². The topological polar surface area (TPSA) is 115 Å². The number of carbonyl (C=O) groups is 1. The Bertz CT molecular complexity index is 2030. The molecule has 286 valence electrons. The molecule has 1 amide bonds. The molecule has 1 saturated carbocycles. The molecule has 5 aliphatic heterocycles. The summed E-state index contributed by atoms with van der Waals surface area (Å²) in [5.41, 5.74) is 8.20. The third-order valence-corrected chi connectivity index (χ3v) is 13.1. The Kier molecular flexibility index (Phi) is 8.36. The zero-order valence-corrected chi connectivity index (χ0v) is 30.5. The molecule has 2 aromatic carbocycles. The molecular weight excluding hydrogens is 700 g/mol. The Hall–Kier alpha value is -4.46. The van der Waals surface area contributed by atoms with Crippen LogP contribution in [0.4, 0.5) is 35.0 Å². The van der Waals surface area contributed by atoms with Gasteiger partial charge in [0.15, 0.2) is 12.4 Å². The third-order valence-electron chi connectivity index (χ3n) is 13.1. The number of anilines is 3. The Morgan fingerprint density at radius 2 is 1.69 bits per heavy atom. The molecule has 0 radical (unpaired) electrons. The number of alkyl halides is 3. The summed E-state index contributed by atoms with van der Waals surface area (Å²) >= 11 is 0. The summed E-state index contributed by atoms with van der Waals surface area (Å²) in [6, 6.07) is 4.70. The maximum atomic E-state index is 15.5. The Morgan fingerprint density at radius 3 is 2.28 bits per heavy atom. The maximum absolute atomic E-state index is 15.5. The summed E-state index contributed by atoms with van der Waals surface area (Å²) in [4.78, 5) is 31.3. The average Bonchev–Trinajstić information content (AvgIpc) is 3.80. The van der Waals surface area contributed by atoms with Crippen molar-refractivity contribution in [2.24, 2.45) is 5.41 Å². The number of aromatic nitrogens is 2.